The molecule has 0 N–H and O–H groups in total. The smallest absolute Gasteiger partial charge is 0.254 e. The molecule has 2 aromatic carbocycles. The monoisotopic (exact) mass is 349 g/mol. The van der Waals surface area contributed by atoms with Crippen molar-refractivity contribution < 1.29 is 13.9 Å². The Morgan fingerprint density at radius 3 is 2.31 bits per heavy atom. The van der Waals surface area contributed by atoms with Gasteiger partial charge in [0.2, 0.25) is 11.8 Å². The lowest BCUT2D eigenvalue weighted by Gasteiger charge is -2.31. The van der Waals surface area contributed by atoms with Crippen LogP contribution in [-0.4, -0.2) is 46.8 Å². The van der Waals surface area contributed by atoms with Crippen molar-refractivity contribution in [3.63, 3.8) is 0 Å². The van der Waals surface area contributed by atoms with Crippen LogP contribution in [0.25, 0.3) is 22.9 Å². The highest BCUT2D eigenvalue weighted by Crippen LogP contribution is 2.24. The van der Waals surface area contributed by atoms with Crippen LogP contribution >= 0.6 is 0 Å². The first-order valence-electron chi connectivity index (χ1n) is 8.61. The summed E-state index contributed by atoms with van der Waals surface area (Å²) in [5.74, 6) is 0.924. The number of rotatable bonds is 3. The van der Waals surface area contributed by atoms with E-state index in [9.17, 15) is 4.79 Å². The summed E-state index contributed by atoms with van der Waals surface area (Å²) >= 11 is 0. The summed E-state index contributed by atoms with van der Waals surface area (Å²) in [5.41, 5.74) is 2.30. The standard InChI is InChI=1S/C20H19N3O3/c1-14-13-23(11-12-25-14)20(24)17-9-7-16(8-10-17)19-22-21-18(26-19)15-5-3-2-4-6-15/h2-10,14H,11-13H2,1H3. The summed E-state index contributed by atoms with van der Waals surface area (Å²) in [7, 11) is 0. The first-order valence-corrected chi connectivity index (χ1v) is 8.61. The van der Waals surface area contributed by atoms with Gasteiger partial charge in [0.1, 0.15) is 0 Å². The van der Waals surface area contributed by atoms with Gasteiger partial charge in [-0.3, -0.25) is 4.79 Å². The molecule has 3 aromatic rings. The van der Waals surface area contributed by atoms with Crippen LogP contribution in [0.15, 0.2) is 59.0 Å². The van der Waals surface area contributed by atoms with E-state index in [0.29, 0.717) is 37.0 Å². The normalized spacial score (nSPS) is 17.3. The maximum absolute atomic E-state index is 12.6. The highest BCUT2D eigenvalue weighted by atomic mass is 16.5. The summed E-state index contributed by atoms with van der Waals surface area (Å²) < 4.78 is 11.2. The zero-order valence-corrected chi connectivity index (χ0v) is 14.5. The molecule has 0 bridgehead atoms. The fourth-order valence-corrected chi connectivity index (χ4v) is 2.98. The van der Waals surface area contributed by atoms with Crippen molar-refractivity contribution in [1.29, 1.82) is 0 Å². The zero-order chi connectivity index (χ0) is 17.9. The van der Waals surface area contributed by atoms with Crippen LogP contribution < -0.4 is 0 Å². The minimum atomic E-state index is 0.0159. The zero-order valence-electron chi connectivity index (χ0n) is 14.5. The fraction of sp³-hybridized carbons (Fsp3) is 0.250. The molecule has 0 aliphatic carbocycles. The average molecular weight is 349 g/mol. The van der Waals surface area contributed by atoms with Crippen LogP contribution in [0.4, 0.5) is 0 Å². The Morgan fingerprint density at radius 2 is 1.65 bits per heavy atom. The Bertz CT molecular complexity index is 890. The predicted molar refractivity (Wildman–Crippen MR) is 96.5 cm³/mol. The molecule has 0 saturated carbocycles. The highest BCUT2D eigenvalue weighted by molar-refractivity contribution is 5.94. The van der Waals surface area contributed by atoms with Gasteiger partial charge in [-0.2, -0.15) is 0 Å². The van der Waals surface area contributed by atoms with Crippen LogP contribution in [-0.2, 0) is 4.74 Å². The molecule has 1 atom stereocenters. The third kappa shape index (κ3) is 3.36. The summed E-state index contributed by atoms with van der Waals surface area (Å²) in [6.45, 7) is 3.79. The second-order valence-electron chi connectivity index (χ2n) is 6.29. The Kier molecular flexibility index (Phi) is 4.50. The molecule has 6 heteroatoms. The number of amides is 1. The van der Waals surface area contributed by atoms with Gasteiger partial charge in [-0.25, -0.2) is 0 Å². The van der Waals surface area contributed by atoms with Crippen molar-refractivity contribution in [2.75, 3.05) is 19.7 Å². The third-order valence-corrected chi connectivity index (χ3v) is 4.35. The number of morpholine rings is 1. The molecule has 0 radical (unpaired) electrons. The number of benzene rings is 2. The molecule has 4 rings (SSSR count). The van der Waals surface area contributed by atoms with E-state index in [-0.39, 0.29) is 12.0 Å². The quantitative estimate of drug-likeness (QED) is 0.726. The van der Waals surface area contributed by atoms with Crippen molar-refractivity contribution in [3.8, 4) is 22.9 Å². The first kappa shape index (κ1) is 16.5. The second kappa shape index (κ2) is 7.09. The third-order valence-electron chi connectivity index (χ3n) is 4.35. The molecular formula is C20H19N3O3. The number of carbonyl (C=O) groups excluding carboxylic acids is 1. The molecule has 1 amide bonds. The number of nitrogens with zero attached hydrogens (tertiary/aromatic N) is 3. The number of hydrogen-bond acceptors (Lipinski definition) is 5. The van der Waals surface area contributed by atoms with E-state index in [2.05, 4.69) is 10.2 Å². The Hall–Kier alpha value is -2.99. The van der Waals surface area contributed by atoms with Crippen LogP contribution in [0.5, 0.6) is 0 Å². The van der Waals surface area contributed by atoms with Gasteiger partial charge < -0.3 is 14.1 Å². The fourth-order valence-electron chi connectivity index (χ4n) is 2.98. The van der Waals surface area contributed by atoms with Gasteiger partial charge in [0, 0.05) is 29.8 Å². The largest absolute Gasteiger partial charge is 0.416 e. The molecule has 132 valence electrons. The van der Waals surface area contributed by atoms with E-state index in [4.69, 9.17) is 9.15 Å². The lowest BCUT2D eigenvalue weighted by Crippen LogP contribution is -2.44. The van der Waals surface area contributed by atoms with Gasteiger partial charge in [-0.05, 0) is 43.3 Å². The molecule has 1 aliphatic rings. The van der Waals surface area contributed by atoms with Gasteiger partial charge in [0.25, 0.3) is 5.91 Å². The summed E-state index contributed by atoms with van der Waals surface area (Å²) in [6.07, 6.45) is 0.0711. The second-order valence-corrected chi connectivity index (χ2v) is 6.29. The maximum Gasteiger partial charge on any atom is 0.254 e. The summed E-state index contributed by atoms with van der Waals surface area (Å²) in [4.78, 5) is 14.4. The highest BCUT2D eigenvalue weighted by Gasteiger charge is 2.22. The van der Waals surface area contributed by atoms with E-state index < -0.39 is 0 Å². The number of carbonyl (C=O) groups is 1. The van der Waals surface area contributed by atoms with Crippen molar-refractivity contribution in [2.24, 2.45) is 0 Å². The van der Waals surface area contributed by atoms with Gasteiger partial charge in [-0.1, -0.05) is 18.2 Å². The van der Waals surface area contributed by atoms with Crippen molar-refractivity contribution in [3.05, 3.63) is 60.2 Å². The van der Waals surface area contributed by atoms with Crippen LogP contribution in [0, 0.1) is 0 Å². The van der Waals surface area contributed by atoms with E-state index in [1.54, 1.807) is 12.1 Å². The number of ether oxygens (including phenoxy) is 1. The molecule has 2 heterocycles. The average Bonchev–Trinajstić information content (AvgIpc) is 3.18. The van der Waals surface area contributed by atoms with Gasteiger partial charge in [0.05, 0.1) is 12.7 Å². The van der Waals surface area contributed by atoms with Gasteiger partial charge in [-0.15, -0.1) is 10.2 Å². The number of hydrogen-bond donors (Lipinski definition) is 0. The molecule has 1 aliphatic heterocycles. The van der Waals surface area contributed by atoms with Crippen LogP contribution in [0.3, 0.4) is 0 Å². The molecule has 0 spiro atoms. The first-order chi connectivity index (χ1) is 12.7. The Morgan fingerprint density at radius 1 is 1.00 bits per heavy atom. The lowest BCUT2D eigenvalue weighted by molar-refractivity contribution is -0.0124. The molecule has 26 heavy (non-hydrogen) atoms. The van der Waals surface area contributed by atoms with E-state index in [1.807, 2.05) is 54.3 Å². The van der Waals surface area contributed by atoms with Gasteiger partial charge in [0.15, 0.2) is 0 Å². The minimum Gasteiger partial charge on any atom is -0.416 e. The minimum absolute atomic E-state index is 0.0159. The van der Waals surface area contributed by atoms with E-state index in [0.717, 1.165) is 11.1 Å². The summed E-state index contributed by atoms with van der Waals surface area (Å²) in [6, 6.07) is 16.9. The molecule has 1 aromatic heterocycles. The molecule has 1 unspecified atom stereocenters. The predicted octanol–water partition coefficient (Wildman–Crippen LogP) is 3.26. The van der Waals surface area contributed by atoms with Crippen LogP contribution in [0.1, 0.15) is 17.3 Å². The van der Waals surface area contributed by atoms with E-state index >= 15 is 0 Å². The molecule has 1 fully saturated rings. The topological polar surface area (TPSA) is 68.5 Å². The Labute approximate surface area is 151 Å². The molecular weight excluding hydrogens is 330 g/mol. The van der Waals surface area contributed by atoms with E-state index in [1.165, 1.54) is 0 Å². The lowest BCUT2D eigenvalue weighted by atomic mass is 10.1. The van der Waals surface area contributed by atoms with Crippen molar-refractivity contribution >= 4 is 5.91 Å². The van der Waals surface area contributed by atoms with Gasteiger partial charge >= 0.3 is 0 Å². The maximum atomic E-state index is 12.6. The van der Waals surface area contributed by atoms with Crippen molar-refractivity contribution in [2.45, 2.75) is 13.0 Å². The van der Waals surface area contributed by atoms with Crippen molar-refractivity contribution in [1.82, 2.24) is 15.1 Å². The molecule has 1 saturated heterocycles. The number of aromatic nitrogens is 2. The van der Waals surface area contributed by atoms with Crippen LogP contribution in [0.2, 0.25) is 0 Å². The molecule has 6 nitrogen and oxygen atoms in total. The summed E-state index contributed by atoms with van der Waals surface area (Å²) in [5, 5.41) is 8.20. The SMILES string of the molecule is CC1CN(C(=O)c2ccc(-c3nnc(-c4ccccc4)o3)cc2)CCO1. The Balaban J connectivity index is 1.51.